The second kappa shape index (κ2) is 7.80. The number of nitrogens with one attached hydrogen (secondary N) is 2. The van der Waals surface area contributed by atoms with E-state index in [2.05, 4.69) is 20.6 Å². The number of ether oxygens (including phenoxy) is 1. The lowest BCUT2D eigenvalue weighted by atomic mass is 10.2. The van der Waals surface area contributed by atoms with Crippen LogP contribution in [-0.4, -0.2) is 54.4 Å². The zero-order valence-corrected chi connectivity index (χ0v) is 14.1. The van der Waals surface area contributed by atoms with Crippen LogP contribution in [0.1, 0.15) is 10.5 Å². The Morgan fingerprint density at radius 3 is 2.52 bits per heavy atom. The molecule has 0 spiro atoms. The first-order valence-corrected chi connectivity index (χ1v) is 8.12. The Morgan fingerprint density at radius 1 is 1.16 bits per heavy atom. The van der Waals surface area contributed by atoms with Crippen LogP contribution in [0.3, 0.4) is 0 Å². The van der Waals surface area contributed by atoms with E-state index in [1.165, 1.54) is 10.9 Å². The van der Waals surface area contributed by atoms with Gasteiger partial charge in [0.15, 0.2) is 0 Å². The Hall–Kier alpha value is -2.87. The fraction of sp³-hybridized carbons (Fsp3) is 0.353. The van der Waals surface area contributed by atoms with Gasteiger partial charge in [0.25, 0.3) is 5.91 Å². The van der Waals surface area contributed by atoms with E-state index in [1.54, 1.807) is 13.1 Å². The number of benzene rings is 1. The average Bonchev–Trinajstić information content (AvgIpc) is 3.07. The van der Waals surface area contributed by atoms with E-state index in [-0.39, 0.29) is 18.4 Å². The molecule has 0 unspecified atom stereocenters. The first-order chi connectivity index (χ1) is 12.1. The van der Waals surface area contributed by atoms with E-state index in [1.807, 2.05) is 24.3 Å². The summed E-state index contributed by atoms with van der Waals surface area (Å²) < 4.78 is 6.80. The highest BCUT2D eigenvalue weighted by molar-refractivity contribution is 5.98. The van der Waals surface area contributed by atoms with E-state index in [0.717, 1.165) is 32.0 Å². The molecule has 8 heteroatoms. The van der Waals surface area contributed by atoms with Gasteiger partial charge in [-0.2, -0.15) is 5.10 Å². The minimum atomic E-state index is -0.335. The highest BCUT2D eigenvalue weighted by atomic mass is 16.5. The normalized spacial score (nSPS) is 14.2. The molecule has 2 amide bonds. The number of aromatic nitrogens is 2. The SMILES string of the molecule is Cn1nccc1C(=O)NCC(=O)Nc1ccc(N2CCOCC2)cc1. The third-order valence-electron chi connectivity index (χ3n) is 3.99. The molecular weight excluding hydrogens is 322 g/mol. The highest BCUT2D eigenvalue weighted by Gasteiger charge is 2.13. The Balaban J connectivity index is 1.49. The average molecular weight is 343 g/mol. The van der Waals surface area contributed by atoms with Gasteiger partial charge in [0, 0.05) is 37.7 Å². The van der Waals surface area contributed by atoms with Crippen LogP contribution in [0.25, 0.3) is 0 Å². The van der Waals surface area contributed by atoms with E-state index < -0.39 is 0 Å². The summed E-state index contributed by atoms with van der Waals surface area (Å²) in [7, 11) is 1.67. The van der Waals surface area contributed by atoms with Crippen molar-refractivity contribution in [3.8, 4) is 0 Å². The summed E-state index contributed by atoms with van der Waals surface area (Å²) in [6.45, 7) is 3.09. The first-order valence-electron chi connectivity index (χ1n) is 8.12. The fourth-order valence-electron chi connectivity index (χ4n) is 2.63. The van der Waals surface area contributed by atoms with Gasteiger partial charge < -0.3 is 20.3 Å². The van der Waals surface area contributed by atoms with Gasteiger partial charge in [-0.3, -0.25) is 14.3 Å². The van der Waals surface area contributed by atoms with Gasteiger partial charge >= 0.3 is 0 Å². The Kier molecular flexibility index (Phi) is 5.30. The van der Waals surface area contributed by atoms with E-state index in [0.29, 0.717) is 11.4 Å². The van der Waals surface area contributed by atoms with Gasteiger partial charge in [-0.05, 0) is 30.3 Å². The molecule has 1 fully saturated rings. The molecule has 2 aromatic rings. The molecular formula is C17H21N5O3. The number of carbonyl (C=O) groups is 2. The lowest BCUT2D eigenvalue weighted by Crippen LogP contribution is -2.36. The van der Waals surface area contributed by atoms with Crippen molar-refractivity contribution in [2.75, 3.05) is 43.1 Å². The summed E-state index contributed by atoms with van der Waals surface area (Å²) >= 11 is 0. The topological polar surface area (TPSA) is 88.5 Å². The van der Waals surface area contributed by atoms with Crippen LogP contribution in [-0.2, 0) is 16.6 Å². The van der Waals surface area contributed by atoms with Crippen molar-refractivity contribution in [2.45, 2.75) is 0 Å². The number of aryl methyl sites for hydroxylation is 1. The van der Waals surface area contributed by atoms with Crippen LogP contribution < -0.4 is 15.5 Å². The van der Waals surface area contributed by atoms with Gasteiger partial charge in [0.05, 0.1) is 19.8 Å². The van der Waals surface area contributed by atoms with Crippen molar-refractivity contribution >= 4 is 23.2 Å². The smallest absolute Gasteiger partial charge is 0.269 e. The molecule has 0 bridgehead atoms. The number of amides is 2. The maximum Gasteiger partial charge on any atom is 0.269 e. The van der Waals surface area contributed by atoms with Crippen molar-refractivity contribution in [3.63, 3.8) is 0 Å². The summed E-state index contributed by atoms with van der Waals surface area (Å²) in [6, 6.07) is 9.24. The molecule has 1 aromatic carbocycles. The molecule has 0 atom stereocenters. The number of hydrogen-bond acceptors (Lipinski definition) is 5. The van der Waals surface area contributed by atoms with Crippen molar-refractivity contribution in [3.05, 3.63) is 42.2 Å². The van der Waals surface area contributed by atoms with Gasteiger partial charge in [-0.25, -0.2) is 0 Å². The summed E-state index contributed by atoms with van der Waals surface area (Å²) in [5, 5.41) is 9.27. The maximum atomic E-state index is 12.0. The Labute approximate surface area is 145 Å². The number of nitrogens with zero attached hydrogens (tertiary/aromatic N) is 3. The van der Waals surface area contributed by atoms with Crippen LogP contribution in [0.4, 0.5) is 11.4 Å². The van der Waals surface area contributed by atoms with Crippen LogP contribution in [0.2, 0.25) is 0 Å². The van der Waals surface area contributed by atoms with Crippen molar-refractivity contribution < 1.29 is 14.3 Å². The van der Waals surface area contributed by atoms with E-state index in [4.69, 9.17) is 4.74 Å². The molecule has 25 heavy (non-hydrogen) atoms. The minimum absolute atomic E-state index is 0.102. The van der Waals surface area contributed by atoms with E-state index >= 15 is 0 Å². The summed E-state index contributed by atoms with van der Waals surface area (Å²) in [6.07, 6.45) is 1.53. The molecule has 1 aromatic heterocycles. The first kappa shape index (κ1) is 17.0. The van der Waals surface area contributed by atoms with Crippen molar-refractivity contribution in [2.24, 2.45) is 7.05 Å². The van der Waals surface area contributed by atoms with Crippen molar-refractivity contribution in [1.82, 2.24) is 15.1 Å². The Bertz CT molecular complexity index is 735. The number of carbonyl (C=O) groups excluding carboxylic acids is 2. The minimum Gasteiger partial charge on any atom is -0.378 e. The summed E-state index contributed by atoms with van der Waals surface area (Å²) in [5.74, 6) is -0.618. The number of hydrogen-bond donors (Lipinski definition) is 2. The maximum absolute atomic E-state index is 12.0. The quantitative estimate of drug-likeness (QED) is 0.831. The molecule has 132 valence electrons. The standard InChI is InChI=1S/C17H21N5O3/c1-21-15(6-7-19-21)17(24)18-12-16(23)20-13-2-4-14(5-3-13)22-8-10-25-11-9-22/h2-7H,8-12H2,1H3,(H,18,24)(H,20,23). The van der Waals surface area contributed by atoms with Gasteiger partial charge in [0.2, 0.25) is 5.91 Å². The molecule has 2 N–H and O–H groups in total. The van der Waals surface area contributed by atoms with Crippen LogP contribution in [0, 0.1) is 0 Å². The van der Waals surface area contributed by atoms with Crippen LogP contribution in [0.5, 0.6) is 0 Å². The molecule has 0 aliphatic carbocycles. The van der Waals surface area contributed by atoms with Crippen LogP contribution >= 0.6 is 0 Å². The third-order valence-corrected chi connectivity index (χ3v) is 3.99. The van der Waals surface area contributed by atoms with Crippen molar-refractivity contribution in [1.29, 1.82) is 0 Å². The molecule has 2 heterocycles. The Morgan fingerprint density at radius 2 is 1.88 bits per heavy atom. The second-order valence-electron chi connectivity index (χ2n) is 5.72. The number of morpholine rings is 1. The largest absolute Gasteiger partial charge is 0.378 e. The molecule has 0 radical (unpaired) electrons. The number of rotatable bonds is 5. The fourth-order valence-corrected chi connectivity index (χ4v) is 2.63. The molecule has 3 rings (SSSR count). The zero-order chi connectivity index (χ0) is 17.6. The lowest BCUT2D eigenvalue weighted by molar-refractivity contribution is -0.115. The summed E-state index contributed by atoms with van der Waals surface area (Å²) in [4.78, 5) is 26.2. The van der Waals surface area contributed by atoms with Gasteiger partial charge in [-0.1, -0.05) is 0 Å². The second-order valence-corrected chi connectivity index (χ2v) is 5.72. The van der Waals surface area contributed by atoms with Gasteiger partial charge in [-0.15, -0.1) is 0 Å². The predicted molar refractivity (Wildman–Crippen MR) is 93.6 cm³/mol. The predicted octanol–water partition coefficient (Wildman–Crippen LogP) is 0.625. The zero-order valence-electron chi connectivity index (χ0n) is 14.1. The monoisotopic (exact) mass is 343 g/mol. The molecule has 0 saturated carbocycles. The van der Waals surface area contributed by atoms with Crippen LogP contribution in [0.15, 0.2) is 36.5 Å². The molecule has 1 aliphatic heterocycles. The van der Waals surface area contributed by atoms with Gasteiger partial charge in [0.1, 0.15) is 5.69 Å². The molecule has 1 aliphatic rings. The summed E-state index contributed by atoms with van der Waals surface area (Å²) in [5.41, 5.74) is 2.20. The number of anilines is 2. The highest BCUT2D eigenvalue weighted by Crippen LogP contribution is 2.18. The third kappa shape index (κ3) is 4.36. The molecule has 8 nitrogen and oxygen atoms in total. The lowest BCUT2D eigenvalue weighted by Gasteiger charge is -2.28. The molecule has 1 saturated heterocycles. The van der Waals surface area contributed by atoms with E-state index in [9.17, 15) is 9.59 Å².